The molecule has 3 rings (SSSR count). The first kappa shape index (κ1) is 14.3. The molecule has 1 heterocycles. The molecule has 0 spiro atoms. The molecule has 21 heavy (non-hydrogen) atoms. The van der Waals surface area contributed by atoms with E-state index in [1.807, 2.05) is 23.6 Å². The molecule has 0 fully saturated rings. The van der Waals surface area contributed by atoms with Gasteiger partial charge in [0, 0.05) is 15.9 Å². The van der Waals surface area contributed by atoms with Crippen molar-refractivity contribution in [1.29, 1.82) is 0 Å². The molecule has 0 aliphatic heterocycles. The van der Waals surface area contributed by atoms with Crippen molar-refractivity contribution >= 4 is 22.9 Å². The summed E-state index contributed by atoms with van der Waals surface area (Å²) in [6.07, 6.45) is 4.28. The number of nitrogens with one attached hydrogen (secondary N) is 1. The lowest BCUT2D eigenvalue weighted by atomic mass is 9.88. The number of hydrogen-bond acceptors (Lipinski definition) is 2. The second-order valence-corrected chi connectivity index (χ2v) is 6.83. The van der Waals surface area contributed by atoms with E-state index in [-0.39, 0.29) is 5.91 Å². The number of carbonyl (C=O) groups excluding carboxylic acids is 1. The van der Waals surface area contributed by atoms with Crippen LogP contribution >= 0.6 is 11.3 Å². The predicted molar refractivity (Wildman–Crippen MR) is 89.3 cm³/mol. The number of anilines is 1. The molecular weight excluding hydrogens is 278 g/mol. The minimum absolute atomic E-state index is 0.0444. The van der Waals surface area contributed by atoms with Crippen LogP contribution in [0.25, 0.3) is 0 Å². The van der Waals surface area contributed by atoms with Crippen LogP contribution in [-0.4, -0.2) is 5.91 Å². The van der Waals surface area contributed by atoms with Crippen LogP contribution in [0.15, 0.2) is 29.6 Å². The van der Waals surface area contributed by atoms with Gasteiger partial charge in [-0.1, -0.05) is 32.0 Å². The number of hydrogen-bond donors (Lipinski definition) is 1. The number of amides is 1. The number of para-hydroxylation sites is 1. The van der Waals surface area contributed by atoms with E-state index in [0.717, 1.165) is 36.4 Å². The summed E-state index contributed by atoms with van der Waals surface area (Å²) in [5.41, 5.74) is 4.29. The second-order valence-electron chi connectivity index (χ2n) is 5.86. The Morgan fingerprint density at radius 2 is 2.19 bits per heavy atom. The minimum atomic E-state index is 0.0444. The van der Waals surface area contributed by atoms with E-state index in [1.165, 1.54) is 22.4 Å². The Hall–Kier alpha value is -1.61. The number of benzene rings is 1. The molecule has 1 N–H and O–H groups in total. The van der Waals surface area contributed by atoms with Gasteiger partial charge in [0.15, 0.2) is 0 Å². The molecule has 0 bridgehead atoms. The van der Waals surface area contributed by atoms with Gasteiger partial charge in [0.1, 0.15) is 0 Å². The van der Waals surface area contributed by atoms with Crippen molar-refractivity contribution in [3.63, 3.8) is 0 Å². The largest absolute Gasteiger partial charge is 0.322 e. The molecule has 2 nitrogen and oxygen atoms in total. The predicted octanol–water partition coefficient (Wildman–Crippen LogP) is 4.69. The average molecular weight is 299 g/mol. The fourth-order valence-electron chi connectivity index (χ4n) is 3.01. The Labute approximate surface area is 130 Å². The highest BCUT2D eigenvalue weighted by Gasteiger charge is 2.23. The van der Waals surface area contributed by atoms with Gasteiger partial charge in [-0.25, -0.2) is 0 Å². The highest BCUT2D eigenvalue weighted by atomic mass is 32.1. The molecule has 1 aromatic carbocycles. The van der Waals surface area contributed by atoms with Crippen LogP contribution in [0.2, 0.25) is 0 Å². The molecule has 1 aromatic heterocycles. The molecule has 0 saturated carbocycles. The van der Waals surface area contributed by atoms with Crippen LogP contribution in [0.1, 0.15) is 46.6 Å². The fourth-order valence-corrected chi connectivity index (χ4v) is 4.25. The smallest absolute Gasteiger partial charge is 0.256 e. The molecule has 1 atom stereocenters. The Balaban J connectivity index is 1.83. The van der Waals surface area contributed by atoms with Crippen molar-refractivity contribution in [2.24, 2.45) is 5.92 Å². The lowest BCUT2D eigenvalue weighted by molar-refractivity contribution is 0.102. The highest BCUT2D eigenvalue weighted by Crippen LogP contribution is 2.33. The van der Waals surface area contributed by atoms with E-state index in [2.05, 4.69) is 25.2 Å². The molecule has 0 unspecified atom stereocenters. The molecule has 3 heteroatoms. The zero-order valence-corrected chi connectivity index (χ0v) is 13.4. The Morgan fingerprint density at radius 1 is 1.38 bits per heavy atom. The fraction of sp³-hybridized carbons (Fsp3) is 0.389. The third-order valence-corrected chi connectivity index (χ3v) is 5.34. The van der Waals surface area contributed by atoms with Crippen molar-refractivity contribution in [2.45, 2.75) is 39.5 Å². The van der Waals surface area contributed by atoms with Crippen molar-refractivity contribution in [3.8, 4) is 0 Å². The first-order chi connectivity index (χ1) is 10.2. The van der Waals surface area contributed by atoms with Gasteiger partial charge in [-0.05, 0) is 48.8 Å². The van der Waals surface area contributed by atoms with Gasteiger partial charge < -0.3 is 5.32 Å². The zero-order chi connectivity index (χ0) is 14.8. The first-order valence-corrected chi connectivity index (χ1v) is 8.55. The molecule has 1 aliphatic carbocycles. The van der Waals surface area contributed by atoms with E-state index >= 15 is 0 Å². The van der Waals surface area contributed by atoms with E-state index in [1.54, 1.807) is 11.3 Å². The lowest BCUT2D eigenvalue weighted by Crippen LogP contribution is -2.17. The van der Waals surface area contributed by atoms with Crippen LogP contribution in [0.5, 0.6) is 0 Å². The molecule has 1 aliphatic rings. The highest BCUT2D eigenvalue weighted by molar-refractivity contribution is 7.10. The summed E-state index contributed by atoms with van der Waals surface area (Å²) in [4.78, 5) is 14.0. The minimum Gasteiger partial charge on any atom is -0.322 e. The van der Waals surface area contributed by atoms with Gasteiger partial charge in [0.2, 0.25) is 0 Å². The molecule has 1 amide bonds. The molecule has 0 saturated heterocycles. The Morgan fingerprint density at radius 3 is 3.00 bits per heavy atom. The topological polar surface area (TPSA) is 29.1 Å². The van der Waals surface area contributed by atoms with Gasteiger partial charge in [0.25, 0.3) is 5.91 Å². The van der Waals surface area contributed by atoms with Crippen LogP contribution < -0.4 is 5.32 Å². The number of aryl methyl sites for hydroxylation is 1. The summed E-state index contributed by atoms with van der Waals surface area (Å²) >= 11 is 1.74. The summed E-state index contributed by atoms with van der Waals surface area (Å²) in [7, 11) is 0. The number of carbonyl (C=O) groups is 1. The maximum Gasteiger partial charge on any atom is 0.256 e. The summed E-state index contributed by atoms with van der Waals surface area (Å²) in [5.74, 6) is 0.788. The lowest BCUT2D eigenvalue weighted by Gasteiger charge is -2.19. The Kier molecular flexibility index (Phi) is 4.11. The normalized spacial score (nSPS) is 17.3. The second kappa shape index (κ2) is 6.02. The average Bonchev–Trinajstić information content (AvgIpc) is 2.90. The third kappa shape index (κ3) is 2.88. The van der Waals surface area contributed by atoms with E-state index in [0.29, 0.717) is 0 Å². The van der Waals surface area contributed by atoms with Gasteiger partial charge in [-0.15, -0.1) is 11.3 Å². The quantitative estimate of drug-likeness (QED) is 0.875. The van der Waals surface area contributed by atoms with Gasteiger partial charge in [-0.3, -0.25) is 4.79 Å². The van der Waals surface area contributed by atoms with Gasteiger partial charge in [-0.2, -0.15) is 0 Å². The SMILES string of the molecule is CCc1ccccc1NC(=O)c1csc2c1CC[C@H](C)C2. The number of thiophene rings is 1. The molecule has 0 radical (unpaired) electrons. The summed E-state index contributed by atoms with van der Waals surface area (Å²) in [6.45, 7) is 4.40. The standard InChI is InChI=1S/C18H21NOS/c1-3-13-6-4-5-7-16(13)19-18(20)15-11-21-17-10-12(2)8-9-14(15)17/h4-7,11-12H,3,8-10H2,1-2H3,(H,19,20)/t12-/m0/s1. The van der Waals surface area contributed by atoms with Gasteiger partial charge >= 0.3 is 0 Å². The monoisotopic (exact) mass is 299 g/mol. The number of rotatable bonds is 3. The summed E-state index contributed by atoms with van der Waals surface area (Å²) in [5, 5.41) is 5.13. The first-order valence-electron chi connectivity index (χ1n) is 7.67. The van der Waals surface area contributed by atoms with Crippen molar-refractivity contribution < 1.29 is 4.79 Å². The third-order valence-electron chi connectivity index (χ3n) is 4.29. The molecular formula is C18H21NOS. The van der Waals surface area contributed by atoms with Crippen molar-refractivity contribution in [2.75, 3.05) is 5.32 Å². The van der Waals surface area contributed by atoms with Gasteiger partial charge in [0.05, 0.1) is 5.56 Å². The van der Waals surface area contributed by atoms with Crippen LogP contribution in [0.4, 0.5) is 5.69 Å². The summed E-state index contributed by atoms with van der Waals surface area (Å²) < 4.78 is 0. The van der Waals surface area contributed by atoms with Crippen LogP contribution in [0, 0.1) is 5.92 Å². The Bertz CT molecular complexity index is 659. The van der Waals surface area contributed by atoms with Crippen LogP contribution in [0.3, 0.4) is 0 Å². The van der Waals surface area contributed by atoms with Crippen molar-refractivity contribution in [1.82, 2.24) is 0 Å². The van der Waals surface area contributed by atoms with E-state index in [9.17, 15) is 4.79 Å². The van der Waals surface area contributed by atoms with E-state index in [4.69, 9.17) is 0 Å². The van der Waals surface area contributed by atoms with Crippen LogP contribution in [-0.2, 0) is 19.3 Å². The zero-order valence-electron chi connectivity index (χ0n) is 12.6. The summed E-state index contributed by atoms with van der Waals surface area (Å²) in [6, 6.07) is 8.04. The number of fused-ring (bicyclic) bond motifs is 1. The van der Waals surface area contributed by atoms with E-state index < -0.39 is 0 Å². The molecule has 2 aromatic rings. The maximum absolute atomic E-state index is 12.6. The maximum atomic E-state index is 12.6. The van der Waals surface area contributed by atoms with Crippen molar-refractivity contribution in [3.05, 3.63) is 51.2 Å². The molecule has 110 valence electrons.